The van der Waals surface area contributed by atoms with Crippen LogP contribution in [0.25, 0.3) is 5.69 Å². The molecule has 0 saturated carbocycles. The Hall–Kier alpha value is -3.81. The fourth-order valence-corrected chi connectivity index (χ4v) is 3.53. The van der Waals surface area contributed by atoms with Gasteiger partial charge in [0.15, 0.2) is 5.69 Å². The molecule has 2 heterocycles. The minimum absolute atomic E-state index is 0.174. The molecule has 0 saturated heterocycles. The van der Waals surface area contributed by atoms with Crippen LogP contribution in [0, 0.1) is 0 Å². The quantitative estimate of drug-likeness (QED) is 0.481. The zero-order valence-electron chi connectivity index (χ0n) is 18.8. The van der Waals surface area contributed by atoms with Crippen molar-refractivity contribution in [3.63, 3.8) is 0 Å². The Morgan fingerprint density at radius 1 is 1.06 bits per heavy atom. The lowest BCUT2D eigenvalue weighted by atomic mass is 10.0. The van der Waals surface area contributed by atoms with Crippen molar-refractivity contribution in [3.05, 3.63) is 65.5 Å². The first-order valence-corrected chi connectivity index (χ1v) is 10.6. The number of hydrogen-bond donors (Lipinski definition) is 1. The highest BCUT2D eigenvalue weighted by Crippen LogP contribution is 2.30. The number of anilines is 2. The Bertz CT molecular complexity index is 1090. The van der Waals surface area contributed by atoms with Gasteiger partial charge in [0.25, 0.3) is 5.91 Å². The van der Waals surface area contributed by atoms with Crippen LogP contribution in [-0.2, 0) is 11.2 Å². The summed E-state index contributed by atoms with van der Waals surface area (Å²) in [6.07, 6.45) is 0.482. The highest BCUT2D eigenvalue weighted by Gasteiger charge is 2.35. The first-order chi connectivity index (χ1) is 15.5. The predicted octanol–water partition coefficient (Wildman–Crippen LogP) is 3.87. The number of carbonyl (C=O) groups is 2. The van der Waals surface area contributed by atoms with Crippen LogP contribution in [0.2, 0.25) is 0 Å². The number of methoxy groups -OCH3 is 1. The molecule has 1 amide bonds. The van der Waals surface area contributed by atoms with Crippen molar-refractivity contribution in [3.8, 4) is 11.4 Å². The lowest BCUT2D eigenvalue weighted by molar-refractivity contribution is 0.0517. The minimum atomic E-state index is -0.533. The highest BCUT2D eigenvalue weighted by molar-refractivity contribution is 6.09. The summed E-state index contributed by atoms with van der Waals surface area (Å²) < 4.78 is 11.9. The molecule has 2 aromatic carbocycles. The van der Waals surface area contributed by atoms with Crippen molar-refractivity contribution in [1.29, 1.82) is 0 Å². The van der Waals surface area contributed by atoms with Crippen molar-refractivity contribution in [2.45, 2.75) is 27.2 Å². The molecule has 32 heavy (non-hydrogen) atoms. The molecule has 0 spiro atoms. The molecule has 2 N–H and O–H groups in total. The van der Waals surface area contributed by atoms with E-state index < -0.39 is 5.97 Å². The summed E-state index contributed by atoms with van der Waals surface area (Å²) in [5.41, 5.74) is 8.91. The lowest BCUT2D eigenvalue weighted by Crippen LogP contribution is -2.39. The van der Waals surface area contributed by atoms with E-state index in [1.54, 1.807) is 67.5 Å². The largest absolute Gasteiger partial charge is 0.497 e. The van der Waals surface area contributed by atoms with E-state index in [4.69, 9.17) is 15.2 Å². The van der Waals surface area contributed by atoms with E-state index in [-0.39, 0.29) is 18.2 Å². The number of nitrogen functional groups attached to an aromatic ring is 1. The number of carbonyl (C=O) groups excluding carboxylic acids is 2. The van der Waals surface area contributed by atoms with Crippen LogP contribution in [0.5, 0.6) is 5.75 Å². The molecule has 0 fully saturated rings. The van der Waals surface area contributed by atoms with Gasteiger partial charge in [-0.05, 0) is 61.9 Å². The fourth-order valence-electron chi connectivity index (χ4n) is 3.53. The molecule has 0 atom stereocenters. The Labute approximate surface area is 187 Å². The van der Waals surface area contributed by atoms with Crippen molar-refractivity contribution in [2.24, 2.45) is 0 Å². The van der Waals surface area contributed by atoms with Crippen LogP contribution in [0.3, 0.4) is 0 Å². The standard InChI is InChI=1S/C22H22N4O4.C2H6/c1-3-30-22(28)19-18-12-13-25(15-6-4-14(23)5-7-15)21(27)20(18)26(24-19)16-8-10-17(29-2)11-9-16;1-2/h4-11H,3,12-13,23H2,1-2H3;1-2H3. The van der Waals surface area contributed by atoms with Gasteiger partial charge in [0.05, 0.1) is 19.4 Å². The molecule has 0 unspecified atom stereocenters. The molecule has 1 aliphatic rings. The number of benzene rings is 2. The zero-order chi connectivity index (χ0) is 23.3. The molecule has 3 aromatic rings. The minimum Gasteiger partial charge on any atom is -0.497 e. The monoisotopic (exact) mass is 436 g/mol. The van der Waals surface area contributed by atoms with Crippen LogP contribution >= 0.6 is 0 Å². The Balaban J connectivity index is 0.00000141. The summed E-state index contributed by atoms with van der Waals surface area (Å²) in [5.74, 6) is -0.0881. The smallest absolute Gasteiger partial charge is 0.359 e. The number of aromatic nitrogens is 2. The molecular formula is C24H28N4O4. The third-order valence-corrected chi connectivity index (χ3v) is 5.01. The van der Waals surface area contributed by atoms with Crippen LogP contribution in [0.15, 0.2) is 48.5 Å². The van der Waals surface area contributed by atoms with Crippen LogP contribution in [-0.4, -0.2) is 41.9 Å². The highest BCUT2D eigenvalue weighted by atomic mass is 16.5. The maximum absolute atomic E-state index is 13.5. The van der Waals surface area contributed by atoms with Gasteiger partial charge >= 0.3 is 5.97 Å². The second-order valence-corrected chi connectivity index (χ2v) is 6.80. The first kappa shape index (κ1) is 22.9. The lowest BCUT2D eigenvalue weighted by Gasteiger charge is -2.27. The summed E-state index contributed by atoms with van der Waals surface area (Å²) in [5, 5.41) is 4.46. The van der Waals surface area contributed by atoms with E-state index in [0.717, 1.165) is 5.69 Å². The summed E-state index contributed by atoms with van der Waals surface area (Å²) in [7, 11) is 1.58. The maximum atomic E-state index is 13.5. The Morgan fingerprint density at radius 2 is 1.69 bits per heavy atom. The molecule has 4 rings (SSSR count). The summed E-state index contributed by atoms with van der Waals surface area (Å²) >= 11 is 0. The molecule has 0 bridgehead atoms. The van der Waals surface area contributed by atoms with Crippen molar-refractivity contribution in [1.82, 2.24) is 9.78 Å². The van der Waals surface area contributed by atoms with Gasteiger partial charge in [0.1, 0.15) is 11.4 Å². The van der Waals surface area contributed by atoms with Gasteiger partial charge in [-0.2, -0.15) is 5.10 Å². The van der Waals surface area contributed by atoms with Gasteiger partial charge in [0, 0.05) is 23.5 Å². The van der Waals surface area contributed by atoms with Crippen molar-refractivity contribution >= 4 is 23.3 Å². The molecule has 0 radical (unpaired) electrons. The van der Waals surface area contributed by atoms with Gasteiger partial charge in [-0.1, -0.05) is 13.8 Å². The Kier molecular flexibility index (Phi) is 7.14. The summed E-state index contributed by atoms with van der Waals surface area (Å²) in [6.45, 7) is 6.39. The van der Waals surface area contributed by atoms with Gasteiger partial charge in [0.2, 0.25) is 0 Å². The third kappa shape index (κ3) is 4.30. The van der Waals surface area contributed by atoms with Gasteiger partial charge < -0.3 is 20.1 Å². The predicted molar refractivity (Wildman–Crippen MR) is 124 cm³/mol. The molecule has 0 aliphatic carbocycles. The van der Waals surface area contributed by atoms with E-state index >= 15 is 0 Å². The second-order valence-electron chi connectivity index (χ2n) is 6.80. The summed E-state index contributed by atoms with van der Waals surface area (Å²) in [6, 6.07) is 14.2. The number of rotatable bonds is 5. The van der Waals surface area contributed by atoms with E-state index in [0.29, 0.717) is 41.3 Å². The van der Waals surface area contributed by atoms with Crippen LogP contribution in [0.4, 0.5) is 11.4 Å². The number of ether oxygens (including phenoxy) is 2. The van der Waals surface area contributed by atoms with Crippen molar-refractivity contribution < 1.29 is 19.1 Å². The fraction of sp³-hybridized carbons (Fsp3) is 0.292. The van der Waals surface area contributed by atoms with E-state index in [1.165, 1.54) is 4.68 Å². The van der Waals surface area contributed by atoms with Gasteiger partial charge in [-0.15, -0.1) is 0 Å². The Morgan fingerprint density at radius 3 is 2.28 bits per heavy atom. The van der Waals surface area contributed by atoms with E-state index in [2.05, 4.69) is 5.10 Å². The first-order valence-electron chi connectivity index (χ1n) is 10.6. The van der Waals surface area contributed by atoms with Crippen LogP contribution in [0.1, 0.15) is 47.3 Å². The number of fused-ring (bicyclic) bond motifs is 1. The average molecular weight is 437 g/mol. The molecule has 8 nitrogen and oxygen atoms in total. The van der Waals surface area contributed by atoms with Crippen molar-refractivity contribution in [2.75, 3.05) is 30.9 Å². The molecule has 1 aromatic heterocycles. The number of esters is 1. The maximum Gasteiger partial charge on any atom is 0.359 e. The number of nitrogens with zero attached hydrogens (tertiary/aromatic N) is 3. The average Bonchev–Trinajstić information content (AvgIpc) is 3.22. The van der Waals surface area contributed by atoms with E-state index in [1.807, 2.05) is 13.8 Å². The zero-order valence-corrected chi connectivity index (χ0v) is 18.8. The third-order valence-electron chi connectivity index (χ3n) is 5.01. The van der Waals surface area contributed by atoms with E-state index in [9.17, 15) is 9.59 Å². The van der Waals surface area contributed by atoms with Gasteiger partial charge in [-0.25, -0.2) is 9.48 Å². The topological polar surface area (TPSA) is 99.7 Å². The molecular weight excluding hydrogens is 408 g/mol. The molecule has 8 heteroatoms. The number of amides is 1. The van der Waals surface area contributed by atoms with Crippen LogP contribution < -0.4 is 15.4 Å². The molecule has 168 valence electrons. The SMILES string of the molecule is CC.CCOC(=O)c1nn(-c2ccc(OC)cc2)c2c1CCN(c1ccc(N)cc1)C2=O. The molecule has 1 aliphatic heterocycles. The summed E-state index contributed by atoms with van der Waals surface area (Å²) in [4.78, 5) is 27.6. The number of nitrogens with two attached hydrogens (primary N) is 1. The number of hydrogen-bond acceptors (Lipinski definition) is 6. The van der Waals surface area contributed by atoms with Gasteiger partial charge in [-0.3, -0.25) is 4.79 Å². The normalized spacial score (nSPS) is 12.5. The second kappa shape index (κ2) is 10.00.